The SMILES string of the molecule is C[C@]12C3=CC=C4C=CC=C(C(Br)C=C1[CH+]C=C3)[C@]42C. The second-order valence-corrected chi connectivity index (χ2v) is 7.01. The van der Waals surface area contributed by atoms with Crippen LogP contribution in [0.5, 0.6) is 0 Å². The zero-order valence-electron chi connectivity index (χ0n) is 11.2. The zero-order chi connectivity index (χ0) is 13.3. The van der Waals surface area contributed by atoms with Crippen LogP contribution in [0.15, 0.2) is 70.9 Å². The van der Waals surface area contributed by atoms with E-state index in [9.17, 15) is 0 Å². The van der Waals surface area contributed by atoms with Crippen LogP contribution in [0.2, 0.25) is 0 Å². The molecule has 1 unspecified atom stereocenters. The van der Waals surface area contributed by atoms with Gasteiger partial charge in [0.1, 0.15) is 0 Å². The van der Waals surface area contributed by atoms with Gasteiger partial charge in [-0.1, -0.05) is 47.2 Å². The van der Waals surface area contributed by atoms with Gasteiger partial charge in [0.25, 0.3) is 0 Å². The summed E-state index contributed by atoms with van der Waals surface area (Å²) in [6.07, 6.45) is 20.4. The normalized spacial score (nSPS) is 41.5. The number of rotatable bonds is 0. The van der Waals surface area contributed by atoms with Crippen LogP contribution in [0.4, 0.5) is 0 Å². The van der Waals surface area contributed by atoms with Gasteiger partial charge in [-0.3, -0.25) is 0 Å². The molecule has 0 radical (unpaired) electrons. The standard InChI is InChI=1S/C18H16Br/c1-17-12-5-3-7-14(17)11-16(19)15-8-4-6-13(10-9-12)18(15,17)2/h3-11,16H,1-2H3/q+1/t16?,17-,18-/m0/s1. The van der Waals surface area contributed by atoms with E-state index in [0.29, 0.717) is 4.83 Å². The van der Waals surface area contributed by atoms with Crippen LogP contribution >= 0.6 is 15.9 Å². The number of halogens is 1. The van der Waals surface area contributed by atoms with Gasteiger partial charge in [0, 0.05) is 35.6 Å². The van der Waals surface area contributed by atoms with Crippen molar-refractivity contribution in [2.24, 2.45) is 10.8 Å². The van der Waals surface area contributed by atoms with E-state index < -0.39 is 0 Å². The lowest BCUT2D eigenvalue weighted by Crippen LogP contribution is -2.50. The highest BCUT2D eigenvalue weighted by Gasteiger charge is 2.60. The van der Waals surface area contributed by atoms with E-state index in [-0.39, 0.29) is 10.8 Å². The van der Waals surface area contributed by atoms with Crippen LogP contribution in [0.25, 0.3) is 0 Å². The second-order valence-electron chi connectivity index (χ2n) is 6.02. The third-order valence-electron chi connectivity index (χ3n) is 5.48. The van der Waals surface area contributed by atoms with Crippen LogP contribution < -0.4 is 0 Å². The van der Waals surface area contributed by atoms with Crippen molar-refractivity contribution in [1.82, 2.24) is 0 Å². The molecule has 3 atom stereocenters. The Balaban J connectivity index is 2.12. The molecule has 0 nitrogen and oxygen atoms in total. The quantitative estimate of drug-likeness (QED) is 0.443. The molecule has 0 aliphatic heterocycles. The van der Waals surface area contributed by atoms with Crippen molar-refractivity contribution in [1.29, 1.82) is 0 Å². The molecule has 0 N–H and O–H groups in total. The van der Waals surface area contributed by atoms with Crippen LogP contribution in [0, 0.1) is 17.3 Å². The van der Waals surface area contributed by atoms with Crippen molar-refractivity contribution in [3.8, 4) is 0 Å². The predicted molar refractivity (Wildman–Crippen MR) is 83.8 cm³/mol. The molecule has 0 bridgehead atoms. The monoisotopic (exact) mass is 311 g/mol. The first-order valence-corrected chi connectivity index (χ1v) is 7.69. The van der Waals surface area contributed by atoms with E-state index in [4.69, 9.17) is 0 Å². The Morgan fingerprint density at radius 1 is 1.05 bits per heavy atom. The molecule has 4 aliphatic rings. The minimum atomic E-state index is 0.0609. The summed E-state index contributed by atoms with van der Waals surface area (Å²) < 4.78 is 0. The molecule has 4 aliphatic carbocycles. The van der Waals surface area contributed by atoms with Crippen LogP contribution in [-0.2, 0) is 0 Å². The first-order chi connectivity index (χ1) is 9.08. The second kappa shape index (κ2) is 3.46. The fourth-order valence-electron chi connectivity index (χ4n) is 4.13. The minimum absolute atomic E-state index is 0.0609. The molecule has 0 fully saturated rings. The lowest BCUT2D eigenvalue weighted by molar-refractivity contribution is 0.235. The first kappa shape index (κ1) is 11.6. The lowest BCUT2D eigenvalue weighted by atomic mass is 9.46. The van der Waals surface area contributed by atoms with E-state index in [2.05, 4.69) is 84.8 Å². The lowest BCUT2D eigenvalue weighted by Gasteiger charge is -2.55. The fraction of sp³-hybridized carbons (Fsp3) is 0.278. The molecule has 0 aromatic heterocycles. The third-order valence-corrected chi connectivity index (χ3v) is 6.24. The summed E-state index contributed by atoms with van der Waals surface area (Å²) in [5.41, 5.74) is 5.88. The molecule has 0 saturated carbocycles. The largest absolute Gasteiger partial charge is 0.0987 e. The molecule has 0 amide bonds. The number of hydrogen-bond acceptors (Lipinski definition) is 0. The van der Waals surface area contributed by atoms with Gasteiger partial charge in [0.05, 0.1) is 15.8 Å². The Morgan fingerprint density at radius 2 is 1.79 bits per heavy atom. The highest BCUT2D eigenvalue weighted by Crippen LogP contribution is 2.66. The predicted octanol–water partition coefficient (Wildman–Crippen LogP) is 4.84. The molecular formula is C18H16Br+. The van der Waals surface area contributed by atoms with Crippen LogP contribution in [0.3, 0.4) is 0 Å². The Labute approximate surface area is 123 Å². The molecule has 0 aromatic carbocycles. The fourth-order valence-corrected chi connectivity index (χ4v) is 5.02. The Bertz CT molecular complexity index is 653. The molecule has 1 heteroatoms. The summed E-state index contributed by atoms with van der Waals surface area (Å²) in [5.74, 6) is 0. The number of hydrogen-bond donors (Lipinski definition) is 0. The van der Waals surface area contributed by atoms with Crippen molar-refractivity contribution >= 4 is 15.9 Å². The molecule has 94 valence electrons. The maximum Gasteiger partial charge on any atom is 0.0987 e. The molecule has 0 heterocycles. The van der Waals surface area contributed by atoms with Crippen molar-refractivity contribution in [2.75, 3.05) is 0 Å². The molecule has 19 heavy (non-hydrogen) atoms. The average Bonchev–Trinajstić information content (AvgIpc) is 2.39. The Morgan fingerprint density at radius 3 is 2.58 bits per heavy atom. The third kappa shape index (κ3) is 1.14. The maximum atomic E-state index is 3.85. The molecule has 4 rings (SSSR count). The van der Waals surface area contributed by atoms with Crippen molar-refractivity contribution in [3.63, 3.8) is 0 Å². The van der Waals surface area contributed by atoms with Crippen LogP contribution in [0.1, 0.15) is 13.8 Å². The van der Waals surface area contributed by atoms with E-state index in [0.717, 1.165) is 0 Å². The highest BCUT2D eigenvalue weighted by molar-refractivity contribution is 9.09. The Kier molecular flexibility index (Phi) is 2.11. The number of allylic oxidation sites excluding steroid dienone is 12. The van der Waals surface area contributed by atoms with Crippen molar-refractivity contribution in [2.45, 2.75) is 18.7 Å². The van der Waals surface area contributed by atoms with E-state index in [1.54, 1.807) is 0 Å². The molecule has 0 aromatic rings. The average molecular weight is 312 g/mol. The minimum Gasteiger partial charge on any atom is -0.0639 e. The molecule has 0 spiro atoms. The summed E-state index contributed by atoms with van der Waals surface area (Å²) in [4.78, 5) is 0.330. The zero-order valence-corrected chi connectivity index (χ0v) is 12.7. The van der Waals surface area contributed by atoms with Gasteiger partial charge < -0.3 is 0 Å². The Hall–Kier alpha value is -1.21. The van der Waals surface area contributed by atoms with Gasteiger partial charge in [-0.05, 0) is 24.1 Å². The van der Waals surface area contributed by atoms with Gasteiger partial charge in [0.15, 0.2) is 0 Å². The maximum absolute atomic E-state index is 3.85. The van der Waals surface area contributed by atoms with E-state index in [1.807, 2.05) is 0 Å². The van der Waals surface area contributed by atoms with E-state index in [1.165, 1.54) is 22.3 Å². The first-order valence-electron chi connectivity index (χ1n) is 6.78. The van der Waals surface area contributed by atoms with Gasteiger partial charge >= 0.3 is 0 Å². The summed E-state index contributed by atoms with van der Waals surface area (Å²) in [6.45, 7) is 4.79. The number of alkyl halides is 1. The molecule has 0 saturated heterocycles. The highest BCUT2D eigenvalue weighted by atomic mass is 79.9. The summed E-state index contributed by atoms with van der Waals surface area (Å²) in [5, 5.41) is 0. The van der Waals surface area contributed by atoms with Gasteiger partial charge in [-0.25, -0.2) is 0 Å². The topological polar surface area (TPSA) is 0 Å². The molecular weight excluding hydrogens is 296 g/mol. The smallest absolute Gasteiger partial charge is 0.0639 e. The van der Waals surface area contributed by atoms with Gasteiger partial charge in [-0.2, -0.15) is 0 Å². The van der Waals surface area contributed by atoms with Gasteiger partial charge in [0.2, 0.25) is 0 Å². The summed E-state index contributed by atoms with van der Waals surface area (Å²) in [7, 11) is 0. The van der Waals surface area contributed by atoms with Crippen LogP contribution in [-0.4, -0.2) is 4.83 Å². The van der Waals surface area contributed by atoms with Crippen molar-refractivity contribution in [3.05, 3.63) is 77.3 Å². The van der Waals surface area contributed by atoms with E-state index >= 15 is 0 Å². The summed E-state index contributed by atoms with van der Waals surface area (Å²) in [6, 6.07) is 0. The van der Waals surface area contributed by atoms with Gasteiger partial charge in [-0.15, -0.1) is 0 Å². The van der Waals surface area contributed by atoms with Crippen molar-refractivity contribution < 1.29 is 0 Å². The summed E-state index contributed by atoms with van der Waals surface area (Å²) >= 11 is 3.85.